The minimum Gasteiger partial charge on any atom is -0.381 e. The van der Waals surface area contributed by atoms with Gasteiger partial charge >= 0.3 is 0 Å². The Morgan fingerprint density at radius 1 is 1.22 bits per heavy atom. The molecule has 4 heterocycles. The zero-order valence-corrected chi connectivity index (χ0v) is 14.7. The number of ether oxygens (including phenoxy) is 1. The summed E-state index contributed by atoms with van der Waals surface area (Å²) in [6.07, 6.45) is 4.68. The van der Waals surface area contributed by atoms with Crippen LogP contribution < -0.4 is 0 Å². The molecule has 1 aromatic rings. The third-order valence-corrected chi connectivity index (χ3v) is 6.85. The van der Waals surface area contributed by atoms with Crippen LogP contribution >= 0.6 is 11.3 Å². The van der Waals surface area contributed by atoms with Gasteiger partial charge in [-0.2, -0.15) is 0 Å². The van der Waals surface area contributed by atoms with Crippen molar-refractivity contribution in [2.75, 3.05) is 32.8 Å². The Labute approximate surface area is 142 Å². The SMILES string of the molecule is Cc1ccsc1C(=O)N1CC[C@H]2[C@@H]1CCN2CC1CCOCC1. The highest BCUT2D eigenvalue weighted by molar-refractivity contribution is 7.12. The number of aryl methyl sites for hydroxylation is 1. The molecular formula is C18H26N2O2S. The maximum absolute atomic E-state index is 12.9. The highest BCUT2D eigenvalue weighted by atomic mass is 32.1. The second kappa shape index (κ2) is 6.54. The predicted octanol–water partition coefficient (Wildman–Crippen LogP) is 2.77. The van der Waals surface area contributed by atoms with E-state index in [0.29, 0.717) is 12.1 Å². The third-order valence-electron chi connectivity index (χ3n) is 5.84. The van der Waals surface area contributed by atoms with Crippen molar-refractivity contribution in [3.05, 3.63) is 21.9 Å². The number of nitrogens with zero attached hydrogens (tertiary/aromatic N) is 2. The van der Waals surface area contributed by atoms with E-state index in [1.807, 2.05) is 12.3 Å². The summed E-state index contributed by atoms with van der Waals surface area (Å²) < 4.78 is 5.48. The smallest absolute Gasteiger partial charge is 0.264 e. The lowest BCUT2D eigenvalue weighted by Gasteiger charge is -2.30. The fraction of sp³-hybridized carbons (Fsp3) is 0.722. The summed E-state index contributed by atoms with van der Waals surface area (Å²) in [7, 11) is 0. The molecule has 0 spiro atoms. The van der Waals surface area contributed by atoms with Crippen molar-refractivity contribution in [2.24, 2.45) is 5.92 Å². The van der Waals surface area contributed by atoms with Crippen LogP contribution in [0.25, 0.3) is 0 Å². The van der Waals surface area contributed by atoms with E-state index in [-0.39, 0.29) is 5.91 Å². The number of carbonyl (C=O) groups is 1. The van der Waals surface area contributed by atoms with Crippen LogP contribution in [0.1, 0.15) is 40.9 Å². The van der Waals surface area contributed by atoms with Gasteiger partial charge in [-0.15, -0.1) is 11.3 Å². The zero-order chi connectivity index (χ0) is 15.8. The number of rotatable bonds is 3. The largest absolute Gasteiger partial charge is 0.381 e. The maximum atomic E-state index is 12.9. The molecule has 23 heavy (non-hydrogen) atoms. The molecule has 3 fully saturated rings. The number of fused-ring (bicyclic) bond motifs is 1. The summed E-state index contributed by atoms with van der Waals surface area (Å²) in [6.45, 7) is 7.17. The molecule has 0 radical (unpaired) electrons. The summed E-state index contributed by atoms with van der Waals surface area (Å²) in [5.41, 5.74) is 1.13. The summed E-state index contributed by atoms with van der Waals surface area (Å²) in [4.78, 5) is 18.6. The molecule has 0 N–H and O–H groups in total. The van der Waals surface area contributed by atoms with E-state index in [2.05, 4.69) is 15.9 Å². The fourth-order valence-electron chi connectivity index (χ4n) is 4.54. The van der Waals surface area contributed by atoms with E-state index >= 15 is 0 Å². The number of carbonyl (C=O) groups excluding carboxylic acids is 1. The molecule has 0 saturated carbocycles. The van der Waals surface area contributed by atoms with Crippen molar-refractivity contribution >= 4 is 17.2 Å². The average molecular weight is 334 g/mol. The van der Waals surface area contributed by atoms with E-state index in [1.165, 1.54) is 19.4 Å². The van der Waals surface area contributed by atoms with Crippen molar-refractivity contribution in [1.29, 1.82) is 0 Å². The monoisotopic (exact) mass is 334 g/mol. The van der Waals surface area contributed by atoms with Crippen LogP contribution in [-0.4, -0.2) is 60.6 Å². The predicted molar refractivity (Wildman–Crippen MR) is 92.0 cm³/mol. The van der Waals surface area contributed by atoms with Gasteiger partial charge in [0.25, 0.3) is 5.91 Å². The minimum atomic E-state index is 0.262. The van der Waals surface area contributed by atoms with Crippen molar-refractivity contribution < 1.29 is 9.53 Å². The van der Waals surface area contributed by atoms with Crippen LogP contribution in [0.4, 0.5) is 0 Å². The standard InChI is InChI=1S/C18H26N2O2S/c1-13-6-11-23-17(13)18(21)20-8-3-15-16(20)2-7-19(15)12-14-4-9-22-10-5-14/h6,11,14-16H,2-5,7-10,12H2,1H3/t15-,16-/m0/s1. The van der Waals surface area contributed by atoms with Gasteiger partial charge in [0.15, 0.2) is 0 Å². The number of amides is 1. The van der Waals surface area contributed by atoms with Gasteiger partial charge in [-0.25, -0.2) is 0 Å². The first-order chi connectivity index (χ1) is 11.2. The Morgan fingerprint density at radius 3 is 2.74 bits per heavy atom. The van der Waals surface area contributed by atoms with E-state index < -0.39 is 0 Å². The van der Waals surface area contributed by atoms with Gasteiger partial charge in [0.1, 0.15) is 0 Å². The highest BCUT2D eigenvalue weighted by Gasteiger charge is 2.45. The van der Waals surface area contributed by atoms with E-state index in [0.717, 1.165) is 55.5 Å². The number of hydrogen-bond acceptors (Lipinski definition) is 4. The Hall–Kier alpha value is -0.910. The van der Waals surface area contributed by atoms with Gasteiger partial charge in [0.2, 0.25) is 0 Å². The average Bonchev–Trinajstić information content (AvgIpc) is 3.25. The number of thiophene rings is 1. The van der Waals surface area contributed by atoms with Crippen LogP contribution in [0.2, 0.25) is 0 Å². The van der Waals surface area contributed by atoms with Crippen LogP contribution in [0, 0.1) is 12.8 Å². The van der Waals surface area contributed by atoms with Gasteiger partial charge in [-0.05, 0) is 55.5 Å². The normalized spacial score (nSPS) is 29.2. The van der Waals surface area contributed by atoms with Crippen LogP contribution in [0.5, 0.6) is 0 Å². The quantitative estimate of drug-likeness (QED) is 0.852. The van der Waals surface area contributed by atoms with Crippen LogP contribution in [0.15, 0.2) is 11.4 Å². The molecule has 4 nitrogen and oxygen atoms in total. The maximum Gasteiger partial charge on any atom is 0.264 e. The molecule has 0 bridgehead atoms. The topological polar surface area (TPSA) is 32.8 Å². The molecule has 0 aliphatic carbocycles. The fourth-order valence-corrected chi connectivity index (χ4v) is 5.42. The Kier molecular flexibility index (Phi) is 4.43. The molecule has 126 valence electrons. The zero-order valence-electron chi connectivity index (χ0n) is 13.9. The van der Waals surface area contributed by atoms with E-state index in [4.69, 9.17) is 4.74 Å². The first-order valence-electron chi connectivity index (χ1n) is 8.91. The molecule has 1 aromatic heterocycles. The lowest BCUT2D eigenvalue weighted by Crippen LogP contribution is -2.41. The first-order valence-corrected chi connectivity index (χ1v) is 9.79. The minimum absolute atomic E-state index is 0.262. The second-order valence-electron chi connectivity index (χ2n) is 7.19. The Balaban J connectivity index is 1.41. The van der Waals surface area contributed by atoms with Crippen molar-refractivity contribution in [3.63, 3.8) is 0 Å². The van der Waals surface area contributed by atoms with Crippen LogP contribution in [0.3, 0.4) is 0 Å². The van der Waals surface area contributed by atoms with Crippen molar-refractivity contribution in [2.45, 2.75) is 44.7 Å². The first kappa shape index (κ1) is 15.6. The van der Waals surface area contributed by atoms with E-state index in [1.54, 1.807) is 11.3 Å². The summed E-state index contributed by atoms with van der Waals surface area (Å²) >= 11 is 1.59. The molecule has 2 atom stereocenters. The van der Waals surface area contributed by atoms with Gasteiger partial charge < -0.3 is 9.64 Å². The molecule has 0 unspecified atom stereocenters. The van der Waals surface area contributed by atoms with Gasteiger partial charge in [-0.1, -0.05) is 0 Å². The number of likely N-dealkylation sites (tertiary alicyclic amines) is 2. The van der Waals surface area contributed by atoms with Crippen molar-refractivity contribution in [3.8, 4) is 0 Å². The van der Waals surface area contributed by atoms with Crippen LogP contribution in [-0.2, 0) is 4.74 Å². The lowest BCUT2D eigenvalue weighted by molar-refractivity contribution is 0.0502. The summed E-state index contributed by atoms with van der Waals surface area (Å²) in [5.74, 6) is 1.05. The van der Waals surface area contributed by atoms with Gasteiger partial charge in [0.05, 0.1) is 4.88 Å². The molecule has 3 saturated heterocycles. The highest BCUT2D eigenvalue weighted by Crippen LogP contribution is 2.35. The lowest BCUT2D eigenvalue weighted by atomic mass is 9.99. The Morgan fingerprint density at radius 2 is 2.00 bits per heavy atom. The molecular weight excluding hydrogens is 308 g/mol. The molecule has 5 heteroatoms. The van der Waals surface area contributed by atoms with E-state index in [9.17, 15) is 4.79 Å². The summed E-state index contributed by atoms with van der Waals surface area (Å²) in [5, 5.41) is 2.03. The molecule has 3 aliphatic rings. The Bertz CT molecular complexity index is 567. The molecule has 1 amide bonds. The van der Waals surface area contributed by atoms with Crippen molar-refractivity contribution in [1.82, 2.24) is 9.80 Å². The number of hydrogen-bond donors (Lipinski definition) is 0. The second-order valence-corrected chi connectivity index (χ2v) is 8.11. The molecule has 4 rings (SSSR count). The molecule has 0 aromatic carbocycles. The van der Waals surface area contributed by atoms with Gasteiger partial charge in [0, 0.05) is 44.9 Å². The summed E-state index contributed by atoms with van der Waals surface area (Å²) in [6, 6.07) is 3.07. The van der Waals surface area contributed by atoms with Gasteiger partial charge in [-0.3, -0.25) is 9.69 Å². The molecule has 3 aliphatic heterocycles. The third kappa shape index (κ3) is 2.94.